The van der Waals surface area contributed by atoms with Crippen molar-refractivity contribution in [3.05, 3.63) is 58.6 Å². The van der Waals surface area contributed by atoms with Crippen molar-refractivity contribution in [2.75, 3.05) is 23.9 Å². The summed E-state index contributed by atoms with van der Waals surface area (Å²) >= 11 is 10.0. The van der Waals surface area contributed by atoms with Crippen LogP contribution in [-0.4, -0.2) is 24.5 Å². The maximum absolute atomic E-state index is 12.4. The van der Waals surface area contributed by atoms with Gasteiger partial charge in [-0.25, -0.2) is 0 Å². The smallest absolute Gasteiger partial charge is 0.255 e. The Morgan fingerprint density at radius 2 is 1.88 bits per heavy atom. The third-order valence-corrected chi connectivity index (χ3v) is 6.99. The zero-order valence-electron chi connectivity index (χ0n) is 13.3. The highest BCUT2D eigenvalue weighted by atomic mass is 35.5. The van der Waals surface area contributed by atoms with Gasteiger partial charge in [0.25, 0.3) is 5.91 Å². The van der Waals surface area contributed by atoms with Gasteiger partial charge in [0.15, 0.2) is 0 Å². The number of hydrogen-bond acceptors (Lipinski definition) is 4. The van der Waals surface area contributed by atoms with Gasteiger partial charge in [0.2, 0.25) is 0 Å². The number of rotatable bonds is 4. The van der Waals surface area contributed by atoms with Crippen LogP contribution in [0.1, 0.15) is 26.9 Å². The minimum Gasteiger partial charge on any atom is -0.495 e. The summed E-state index contributed by atoms with van der Waals surface area (Å²) in [5.74, 6) is 2.85. The maximum Gasteiger partial charge on any atom is 0.255 e. The van der Waals surface area contributed by atoms with Crippen molar-refractivity contribution in [2.45, 2.75) is 11.0 Å². The maximum atomic E-state index is 12.4. The second-order valence-corrected chi connectivity index (χ2v) is 8.48. The van der Waals surface area contributed by atoms with Gasteiger partial charge in [-0.3, -0.25) is 4.79 Å². The van der Waals surface area contributed by atoms with Crippen LogP contribution in [0.5, 0.6) is 5.75 Å². The fraction of sp³-hybridized carbons (Fsp3) is 0.278. The van der Waals surface area contributed by atoms with Crippen LogP contribution in [0.4, 0.5) is 5.69 Å². The Balaban J connectivity index is 1.67. The van der Waals surface area contributed by atoms with Gasteiger partial charge in [0, 0.05) is 11.3 Å². The third-order valence-electron chi connectivity index (χ3n) is 3.68. The molecule has 0 bridgehead atoms. The van der Waals surface area contributed by atoms with Crippen molar-refractivity contribution in [3.8, 4) is 5.75 Å². The molecule has 1 fully saturated rings. The Labute approximate surface area is 155 Å². The van der Waals surface area contributed by atoms with E-state index < -0.39 is 0 Å². The average molecular weight is 380 g/mol. The molecule has 3 nitrogen and oxygen atoms in total. The topological polar surface area (TPSA) is 38.3 Å². The summed E-state index contributed by atoms with van der Waals surface area (Å²) < 4.78 is 5.59. The molecule has 0 saturated carbocycles. The lowest BCUT2D eigenvalue weighted by molar-refractivity contribution is 0.102. The Kier molecular flexibility index (Phi) is 5.98. The zero-order valence-corrected chi connectivity index (χ0v) is 15.6. The van der Waals surface area contributed by atoms with Crippen molar-refractivity contribution >= 4 is 46.7 Å². The Morgan fingerprint density at radius 1 is 1.17 bits per heavy atom. The second-order valence-electron chi connectivity index (χ2n) is 5.35. The summed E-state index contributed by atoms with van der Waals surface area (Å²) in [5.41, 5.74) is 2.55. The van der Waals surface area contributed by atoms with E-state index in [1.807, 2.05) is 47.8 Å². The number of carbonyl (C=O) groups is 1. The Hall–Kier alpha value is -1.30. The fourth-order valence-corrected chi connectivity index (χ4v) is 5.57. The molecule has 0 unspecified atom stereocenters. The van der Waals surface area contributed by atoms with E-state index in [4.69, 9.17) is 16.3 Å². The van der Waals surface area contributed by atoms with Crippen molar-refractivity contribution in [3.63, 3.8) is 0 Å². The van der Waals surface area contributed by atoms with Crippen molar-refractivity contribution < 1.29 is 9.53 Å². The summed E-state index contributed by atoms with van der Waals surface area (Å²) in [7, 11) is 1.56. The molecule has 1 saturated heterocycles. The highest BCUT2D eigenvalue weighted by Crippen LogP contribution is 2.43. The molecule has 1 aliphatic heterocycles. The molecule has 0 atom stereocenters. The molecule has 6 heteroatoms. The first-order valence-electron chi connectivity index (χ1n) is 7.65. The highest BCUT2D eigenvalue weighted by Gasteiger charge is 2.17. The lowest BCUT2D eigenvalue weighted by atomic mass is 10.1. The first kappa shape index (κ1) is 17.5. The van der Waals surface area contributed by atoms with Gasteiger partial charge in [0.05, 0.1) is 16.7 Å². The van der Waals surface area contributed by atoms with Crippen LogP contribution < -0.4 is 10.1 Å². The lowest BCUT2D eigenvalue weighted by Crippen LogP contribution is -2.12. The van der Waals surface area contributed by atoms with Gasteiger partial charge in [-0.1, -0.05) is 23.7 Å². The van der Waals surface area contributed by atoms with Gasteiger partial charge in [-0.15, -0.1) is 23.5 Å². The zero-order chi connectivity index (χ0) is 16.9. The van der Waals surface area contributed by atoms with E-state index in [1.54, 1.807) is 25.3 Å². The minimum absolute atomic E-state index is 0.147. The van der Waals surface area contributed by atoms with E-state index in [2.05, 4.69) is 5.32 Å². The number of carbonyl (C=O) groups excluding carboxylic acids is 1. The van der Waals surface area contributed by atoms with Gasteiger partial charge < -0.3 is 10.1 Å². The monoisotopic (exact) mass is 379 g/mol. The van der Waals surface area contributed by atoms with Crippen molar-refractivity contribution in [1.82, 2.24) is 0 Å². The number of halogens is 1. The Morgan fingerprint density at radius 3 is 2.50 bits per heavy atom. The number of nitrogens with one attached hydrogen (secondary N) is 1. The number of anilines is 1. The van der Waals surface area contributed by atoms with Crippen LogP contribution in [0.25, 0.3) is 0 Å². The molecular formula is C18H18ClNO2S2. The van der Waals surface area contributed by atoms with Crippen molar-refractivity contribution in [2.24, 2.45) is 0 Å². The predicted molar refractivity (Wildman–Crippen MR) is 105 cm³/mol. The number of thioether (sulfide) groups is 2. The number of ether oxygens (including phenoxy) is 1. The average Bonchev–Trinajstić information content (AvgIpc) is 2.63. The number of benzene rings is 2. The lowest BCUT2D eigenvalue weighted by Gasteiger charge is -2.21. The summed E-state index contributed by atoms with van der Waals surface area (Å²) in [4.78, 5) is 12.4. The molecule has 2 aromatic rings. The van der Waals surface area contributed by atoms with Gasteiger partial charge in [0.1, 0.15) is 5.75 Å². The molecule has 3 rings (SSSR count). The van der Waals surface area contributed by atoms with E-state index in [-0.39, 0.29) is 5.91 Å². The van der Waals surface area contributed by atoms with E-state index in [9.17, 15) is 4.79 Å². The first-order valence-corrected chi connectivity index (χ1v) is 10.1. The normalized spacial score (nSPS) is 15.1. The Bertz CT molecular complexity index is 715. The SMILES string of the molecule is COc1ccc(NC(=O)c2ccc(C3SCCCS3)cc2)cc1Cl. The molecule has 0 aliphatic carbocycles. The van der Waals surface area contributed by atoms with Crippen LogP contribution in [0.3, 0.4) is 0 Å². The second kappa shape index (κ2) is 8.19. The van der Waals surface area contributed by atoms with Crippen molar-refractivity contribution in [1.29, 1.82) is 0 Å². The molecular weight excluding hydrogens is 362 g/mol. The number of amides is 1. The molecule has 0 spiro atoms. The summed E-state index contributed by atoms with van der Waals surface area (Å²) in [6.07, 6.45) is 1.27. The summed E-state index contributed by atoms with van der Waals surface area (Å²) in [5, 5.41) is 3.33. The largest absolute Gasteiger partial charge is 0.495 e. The fourth-order valence-electron chi connectivity index (χ4n) is 2.42. The molecule has 24 heavy (non-hydrogen) atoms. The minimum atomic E-state index is -0.147. The summed E-state index contributed by atoms with van der Waals surface area (Å²) in [6, 6.07) is 13.0. The standard InChI is InChI=1S/C18H18ClNO2S2/c1-22-16-8-7-14(11-15(16)19)20-17(21)12-3-5-13(6-4-12)18-23-9-2-10-24-18/h3-8,11,18H,2,9-10H2,1H3,(H,20,21). The van der Waals surface area contributed by atoms with Crippen LogP contribution in [0, 0.1) is 0 Å². The first-order chi connectivity index (χ1) is 11.7. The molecule has 1 N–H and O–H groups in total. The predicted octanol–water partition coefficient (Wildman–Crippen LogP) is 5.47. The highest BCUT2D eigenvalue weighted by molar-refractivity contribution is 8.16. The summed E-state index contributed by atoms with van der Waals surface area (Å²) in [6.45, 7) is 0. The quantitative estimate of drug-likeness (QED) is 0.764. The molecule has 1 aliphatic rings. The molecule has 0 aromatic heterocycles. The number of methoxy groups -OCH3 is 1. The van der Waals surface area contributed by atoms with E-state index in [0.29, 0.717) is 26.6 Å². The molecule has 2 aromatic carbocycles. The van der Waals surface area contributed by atoms with Gasteiger partial charge >= 0.3 is 0 Å². The van der Waals surface area contributed by atoms with Crippen LogP contribution >= 0.6 is 35.1 Å². The number of hydrogen-bond donors (Lipinski definition) is 1. The van der Waals surface area contributed by atoms with Gasteiger partial charge in [-0.2, -0.15) is 0 Å². The van der Waals surface area contributed by atoms with E-state index >= 15 is 0 Å². The van der Waals surface area contributed by atoms with Crippen LogP contribution in [0.2, 0.25) is 5.02 Å². The molecule has 1 heterocycles. The third kappa shape index (κ3) is 4.21. The molecule has 0 radical (unpaired) electrons. The molecule has 126 valence electrons. The van der Waals surface area contributed by atoms with E-state index in [1.165, 1.54) is 23.5 Å². The van der Waals surface area contributed by atoms with Gasteiger partial charge in [-0.05, 0) is 53.8 Å². The van der Waals surface area contributed by atoms with E-state index in [0.717, 1.165) is 0 Å². The molecule has 1 amide bonds. The van der Waals surface area contributed by atoms with Crippen LogP contribution in [0.15, 0.2) is 42.5 Å². The van der Waals surface area contributed by atoms with Crippen LogP contribution in [-0.2, 0) is 0 Å².